The molecule has 5 nitrogen and oxygen atoms in total. The van der Waals surface area contributed by atoms with Crippen LogP contribution in [0.25, 0.3) is 10.5 Å². The molecule has 1 fully saturated rings. The fraction of sp³-hybridized carbons (Fsp3) is 0.611. The topological polar surface area (TPSA) is 81.3 Å². The van der Waals surface area contributed by atoms with Crippen molar-refractivity contribution in [2.24, 2.45) is 0 Å². The molecule has 1 aromatic rings. The van der Waals surface area contributed by atoms with Gasteiger partial charge >= 0.3 is 27.0 Å². The van der Waals surface area contributed by atoms with Gasteiger partial charge in [0.25, 0.3) is 0 Å². The molecule has 1 aliphatic rings. The number of ether oxygens (including phenoxy) is 1. The van der Waals surface area contributed by atoms with Crippen LogP contribution in [0.15, 0.2) is 24.3 Å². The summed E-state index contributed by atoms with van der Waals surface area (Å²) in [5.41, 5.74) is 8.18. The van der Waals surface area contributed by atoms with Crippen LogP contribution < -0.4 is 4.74 Å². The second kappa shape index (κ2) is 11.6. The van der Waals surface area contributed by atoms with Gasteiger partial charge in [-0.15, -0.1) is 6.04 Å². The zero-order valence-corrected chi connectivity index (χ0v) is 19.1. The van der Waals surface area contributed by atoms with Crippen LogP contribution in [0.5, 0.6) is 5.75 Å². The Labute approximate surface area is 173 Å². The fourth-order valence-corrected chi connectivity index (χ4v) is 4.10. The van der Waals surface area contributed by atoms with Gasteiger partial charge < -0.3 is 22.6 Å². The predicted molar refractivity (Wildman–Crippen MR) is 105 cm³/mol. The van der Waals surface area contributed by atoms with E-state index in [0.29, 0.717) is 17.7 Å². The number of halogens is 1. The van der Waals surface area contributed by atoms with Gasteiger partial charge in [0.1, 0.15) is 11.4 Å². The summed E-state index contributed by atoms with van der Waals surface area (Å²) < 4.78 is 34.7. The van der Waals surface area contributed by atoms with E-state index in [2.05, 4.69) is 14.4 Å². The molecule has 2 rings (SSSR count). The molecule has 0 amide bonds. The minimum atomic E-state index is -3.62. The molecule has 1 saturated carbocycles. The van der Waals surface area contributed by atoms with Crippen molar-refractivity contribution in [1.82, 2.24) is 0 Å². The van der Waals surface area contributed by atoms with E-state index >= 15 is 0 Å². The van der Waals surface area contributed by atoms with E-state index in [9.17, 15) is 8.42 Å². The van der Waals surface area contributed by atoms with Crippen LogP contribution in [-0.2, 0) is 33.1 Å². The number of para-hydroxylation sites is 1. The van der Waals surface area contributed by atoms with Gasteiger partial charge in [-0.05, 0) is 26.8 Å². The third-order valence-corrected chi connectivity index (χ3v) is 5.02. The summed E-state index contributed by atoms with van der Waals surface area (Å²) in [6.45, 7) is 5.78. The Bertz CT molecular complexity index is 636. The molecule has 2 unspecified atom stereocenters. The van der Waals surface area contributed by atoms with E-state index in [1.165, 1.54) is 0 Å². The number of nitrogens with one attached hydrogen (secondary N) is 1. The van der Waals surface area contributed by atoms with Gasteiger partial charge in [-0.1, -0.05) is 43.9 Å². The maximum atomic E-state index is 12.4. The first-order valence-electron chi connectivity index (χ1n) is 8.22. The summed E-state index contributed by atoms with van der Waals surface area (Å²) in [7, 11) is 0.949. The number of nitrogens with zero attached hydrogens (tertiary/aromatic N) is 1. The van der Waals surface area contributed by atoms with E-state index in [1.54, 1.807) is 18.2 Å². The zero-order valence-electron chi connectivity index (χ0n) is 15.8. The van der Waals surface area contributed by atoms with Gasteiger partial charge in [-0.25, -0.2) is 8.42 Å². The van der Waals surface area contributed by atoms with E-state index in [-0.39, 0.29) is 13.2 Å². The van der Waals surface area contributed by atoms with Gasteiger partial charge in [0.2, 0.25) is 0 Å². The van der Waals surface area contributed by atoms with Crippen LogP contribution in [0.1, 0.15) is 52.0 Å². The van der Waals surface area contributed by atoms with Crippen molar-refractivity contribution in [1.29, 1.82) is 0 Å². The quantitative estimate of drug-likeness (QED) is 0.400. The monoisotopic (exact) mass is 490 g/mol. The summed E-state index contributed by atoms with van der Waals surface area (Å²) in [6.07, 6.45) is 3.35. The molecule has 0 bridgehead atoms. The molecule has 0 radical (unpaired) electrons. The van der Waals surface area contributed by atoms with Gasteiger partial charge in [-0.3, -0.25) is 0 Å². The van der Waals surface area contributed by atoms with E-state index < -0.39 is 27.7 Å². The third-order valence-electron chi connectivity index (χ3n) is 3.75. The van der Waals surface area contributed by atoms with Crippen LogP contribution in [0.2, 0.25) is 0 Å². The molecule has 2 atom stereocenters. The summed E-state index contributed by atoms with van der Waals surface area (Å²) in [4.78, 5) is 0. The summed E-state index contributed by atoms with van der Waals surface area (Å²) >= 11 is 1.82. The molecule has 0 saturated heterocycles. The molecule has 8 heteroatoms. The Morgan fingerprint density at radius 3 is 2.38 bits per heavy atom. The summed E-state index contributed by atoms with van der Waals surface area (Å²) in [5, 5.41) is 0. The van der Waals surface area contributed by atoms with Crippen molar-refractivity contribution in [3.63, 3.8) is 0 Å². The SMILES string of the molecule is CC(C)(C)Oc1ccccc1CS(=O)(=O)[N-]C1CCCCC1[NH-].[CH3-].[Cl][Ru+3]. The van der Waals surface area contributed by atoms with Crippen LogP contribution >= 0.6 is 9.69 Å². The van der Waals surface area contributed by atoms with Crippen LogP contribution in [-0.4, -0.2) is 26.1 Å². The number of sulfonamides is 1. The van der Waals surface area contributed by atoms with Crippen molar-refractivity contribution in [2.45, 2.75) is 69.9 Å². The van der Waals surface area contributed by atoms with Gasteiger partial charge in [0, 0.05) is 5.56 Å². The first-order chi connectivity index (χ1) is 11.7. The van der Waals surface area contributed by atoms with Gasteiger partial charge in [0.05, 0.1) is 15.8 Å². The Morgan fingerprint density at radius 2 is 1.81 bits per heavy atom. The van der Waals surface area contributed by atoms with E-state index in [1.807, 2.05) is 44.1 Å². The molecule has 1 aromatic carbocycles. The molecule has 0 heterocycles. The number of hydrogen-bond acceptors (Lipinski definition) is 3. The number of benzene rings is 1. The summed E-state index contributed by atoms with van der Waals surface area (Å²) in [6, 6.07) is 6.37. The van der Waals surface area contributed by atoms with Gasteiger partial charge in [0.15, 0.2) is 0 Å². The van der Waals surface area contributed by atoms with E-state index in [4.69, 9.17) is 10.5 Å². The van der Waals surface area contributed by atoms with E-state index in [0.717, 1.165) is 19.3 Å². The molecule has 1 N–H and O–H groups in total. The maximum absolute atomic E-state index is 12.4. The van der Waals surface area contributed by atoms with Crippen molar-refractivity contribution in [3.8, 4) is 5.75 Å². The van der Waals surface area contributed by atoms with Crippen molar-refractivity contribution >= 4 is 19.7 Å². The van der Waals surface area contributed by atoms with Crippen molar-refractivity contribution in [2.75, 3.05) is 0 Å². The van der Waals surface area contributed by atoms with Crippen molar-refractivity contribution in [3.05, 3.63) is 47.7 Å². The second-order valence-electron chi connectivity index (χ2n) is 7.11. The summed E-state index contributed by atoms with van der Waals surface area (Å²) in [5.74, 6) is 0.396. The molecule has 1 aliphatic carbocycles. The molecule has 0 aromatic heterocycles. The first kappa shape index (κ1) is 25.8. The Hall–Kier alpha value is -0.197. The molecule has 0 spiro atoms. The Morgan fingerprint density at radius 1 is 1.23 bits per heavy atom. The standard InChI is InChI=1S/C17H26N2O3S.CH3.ClH.Ru/c1-17(2,3)22-16-11-7-4-8-13(16)12-23(20,21)19-15-10-6-5-9-14(15)18;;;/h4,7-8,11,14-15,18H,5-6,9-10,12H2,1-3H3;1H3;1H;/q-2;-1;;+4/p-1. The van der Waals surface area contributed by atoms with Crippen LogP contribution in [0.3, 0.4) is 0 Å². The molecular weight excluding hydrogens is 461 g/mol. The normalized spacial score (nSPS) is 20.3. The minimum absolute atomic E-state index is 0. The average molecular weight is 490 g/mol. The molecule has 26 heavy (non-hydrogen) atoms. The third kappa shape index (κ3) is 9.14. The number of hydrogen-bond donors (Lipinski definition) is 0. The predicted octanol–water partition coefficient (Wildman–Crippen LogP) is 5.57. The van der Waals surface area contributed by atoms with Crippen molar-refractivity contribution < 1.29 is 30.5 Å². The fourth-order valence-electron chi connectivity index (χ4n) is 2.73. The Balaban J connectivity index is 0.00000201. The molecule has 150 valence electrons. The Kier molecular flexibility index (Phi) is 11.5. The number of rotatable bonds is 5. The first-order valence-corrected chi connectivity index (χ1v) is 12.1. The van der Waals surface area contributed by atoms with Gasteiger partial charge in [-0.2, -0.15) is 6.04 Å². The average Bonchev–Trinajstić information content (AvgIpc) is 2.52. The second-order valence-corrected chi connectivity index (χ2v) is 8.78. The molecule has 0 aliphatic heterocycles. The zero-order chi connectivity index (χ0) is 19.1. The van der Waals surface area contributed by atoms with Crippen LogP contribution in [0.4, 0.5) is 0 Å². The molecular formula is C18H29ClN2O3RuS. The van der Waals surface area contributed by atoms with Crippen LogP contribution in [0, 0.1) is 7.43 Å².